The average molecular weight is 440 g/mol. The van der Waals surface area contributed by atoms with Crippen molar-refractivity contribution in [3.8, 4) is 5.75 Å². The molecule has 0 aromatic heterocycles. The quantitative estimate of drug-likeness (QED) is 0.525. The van der Waals surface area contributed by atoms with Crippen molar-refractivity contribution < 1.29 is 17.5 Å². The topological polar surface area (TPSA) is 46.6 Å². The fraction of sp³-hybridized carbons (Fsp3) is 0.280. The van der Waals surface area contributed by atoms with Gasteiger partial charge in [0.25, 0.3) is 10.0 Å². The molecule has 0 N–H and O–H groups in total. The number of rotatable bonds is 6. The largest absolute Gasteiger partial charge is 0.497 e. The second-order valence-electron chi connectivity index (χ2n) is 7.97. The van der Waals surface area contributed by atoms with Crippen LogP contribution in [0.2, 0.25) is 0 Å². The molecule has 1 aliphatic heterocycles. The number of nitrogens with zero attached hydrogens (tertiary/aromatic N) is 1. The Hall–Kier alpha value is -2.86. The maximum absolute atomic E-state index is 14.1. The van der Waals surface area contributed by atoms with Crippen molar-refractivity contribution in [2.24, 2.45) is 0 Å². The maximum Gasteiger partial charge on any atom is 0.264 e. The number of aryl methyl sites for hydroxylation is 3. The first-order valence-corrected chi connectivity index (χ1v) is 11.8. The first-order valence-electron chi connectivity index (χ1n) is 10.4. The van der Waals surface area contributed by atoms with E-state index in [0.29, 0.717) is 18.5 Å². The number of hydrogen-bond donors (Lipinski definition) is 0. The number of fused-ring (bicyclic) bond motifs is 1. The van der Waals surface area contributed by atoms with Crippen LogP contribution in [0.5, 0.6) is 5.75 Å². The molecule has 31 heavy (non-hydrogen) atoms. The van der Waals surface area contributed by atoms with Gasteiger partial charge >= 0.3 is 0 Å². The van der Waals surface area contributed by atoms with Crippen molar-refractivity contribution in [1.29, 1.82) is 0 Å². The molecule has 1 heterocycles. The van der Waals surface area contributed by atoms with Crippen LogP contribution >= 0.6 is 0 Å². The second-order valence-corrected chi connectivity index (χ2v) is 9.78. The summed E-state index contributed by atoms with van der Waals surface area (Å²) in [4.78, 5) is 0.227. The molecular formula is C25H26FNO3S. The van der Waals surface area contributed by atoms with Crippen molar-refractivity contribution >= 4 is 15.7 Å². The Morgan fingerprint density at radius 1 is 1.03 bits per heavy atom. The van der Waals surface area contributed by atoms with E-state index in [4.69, 9.17) is 4.74 Å². The van der Waals surface area contributed by atoms with E-state index in [9.17, 15) is 12.8 Å². The molecule has 1 unspecified atom stereocenters. The summed E-state index contributed by atoms with van der Waals surface area (Å²) in [5.74, 6) is 0.355. The summed E-state index contributed by atoms with van der Waals surface area (Å²) in [7, 11) is -2.20. The van der Waals surface area contributed by atoms with Crippen LogP contribution < -0.4 is 9.04 Å². The predicted molar refractivity (Wildman–Crippen MR) is 121 cm³/mol. The van der Waals surface area contributed by atoms with Crippen molar-refractivity contribution in [2.45, 2.75) is 43.5 Å². The van der Waals surface area contributed by atoms with Crippen LogP contribution in [0.3, 0.4) is 0 Å². The summed E-state index contributed by atoms with van der Waals surface area (Å²) in [6.45, 7) is 1.92. The SMILES string of the molecule is COc1ccc(CCC2CCc3ccc(F)cc3N2S(=O)(=O)c2ccc(C)cc2)cc1. The number of hydrogen-bond acceptors (Lipinski definition) is 3. The normalized spacial score (nSPS) is 16.1. The summed E-state index contributed by atoms with van der Waals surface area (Å²) in [5, 5.41) is 0. The van der Waals surface area contributed by atoms with Gasteiger partial charge in [0.2, 0.25) is 0 Å². The highest BCUT2D eigenvalue weighted by Crippen LogP contribution is 2.37. The van der Waals surface area contributed by atoms with Gasteiger partial charge in [-0.1, -0.05) is 35.9 Å². The Kier molecular flexibility index (Phi) is 6.01. The first kappa shape index (κ1) is 21.4. The molecule has 0 fully saturated rings. The van der Waals surface area contributed by atoms with Crippen molar-refractivity contribution in [3.05, 3.63) is 89.2 Å². The molecule has 0 radical (unpaired) electrons. The summed E-state index contributed by atoms with van der Waals surface area (Å²) in [6, 6.07) is 18.8. The fourth-order valence-electron chi connectivity index (χ4n) is 4.13. The maximum atomic E-state index is 14.1. The Morgan fingerprint density at radius 3 is 2.42 bits per heavy atom. The zero-order chi connectivity index (χ0) is 22.0. The number of halogens is 1. The highest BCUT2D eigenvalue weighted by atomic mass is 32.2. The molecule has 6 heteroatoms. The zero-order valence-corrected chi connectivity index (χ0v) is 18.5. The summed E-state index contributed by atoms with van der Waals surface area (Å²) >= 11 is 0. The minimum atomic E-state index is -3.83. The smallest absolute Gasteiger partial charge is 0.264 e. The van der Waals surface area contributed by atoms with Crippen molar-refractivity contribution in [2.75, 3.05) is 11.4 Å². The van der Waals surface area contributed by atoms with E-state index in [1.54, 1.807) is 37.4 Å². The van der Waals surface area contributed by atoms with Crippen LogP contribution in [0.1, 0.15) is 29.5 Å². The van der Waals surface area contributed by atoms with Crippen molar-refractivity contribution in [3.63, 3.8) is 0 Å². The second kappa shape index (κ2) is 8.71. The number of methoxy groups -OCH3 is 1. The summed E-state index contributed by atoms with van der Waals surface area (Å²) in [6.07, 6.45) is 2.79. The number of anilines is 1. The molecule has 3 aromatic carbocycles. The minimum absolute atomic E-state index is 0.227. The third-order valence-electron chi connectivity index (χ3n) is 5.87. The molecule has 0 saturated heterocycles. The monoisotopic (exact) mass is 439 g/mol. The van der Waals surface area contributed by atoms with Crippen LogP contribution in [-0.4, -0.2) is 21.6 Å². The van der Waals surface area contributed by atoms with E-state index in [2.05, 4.69) is 0 Å². The molecule has 4 nitrogen and oxygen atoms in total. The van der Waals surface area contributed by atoms with Crippen LogP contribution in [0, 0.1) is 12.7 Å². The van der Waals surface area contributed by atoms with Gasteiger partial charge in [0.05, 0.1) is 17.7 Å². The average Bonchev–Trinajstić information content (AvgIpc) is 2.77. The lowest BCUT2D eigenvalue weighted by atomic mass is 9.94. The summed E-state index contributed by atoms with van der Waals surface area (Å²) in [5.41, 5.74) is 3.41. The minimum Gasteiger partial charge on any atom is -0.497 e. The Morgan fingerprint density at radius 2 is 1.74 bits per heavy atom. The molecule has 0 aliphatic carbocycles. The summed E-state index contributed by atoms with van der Waals surface area (Å²) < 4.78 is 48.1. The van der Waals surface area contributed by atoms with E-state index >= 15 is 0 Å². The van der Waals surface area contributed by atoms with Gasteiger partial charge in [0.1, 0.15) is 11.6 Å². The molecule has 0 amide bonds. The predicted octanol–water partition coefficient (Wildman–Crippen LogP) is 5.29. The lowest BCUT2D eigenvalue weighted by Gasteiger charge is -2.38. The third kappa shape index (κ3) is 4.44. The molecular weight excluding hydrogens is 413 g/mol. The lowest BCUT2D eigenvalue weighted by molar-refractivity contribution is 0.414. The van der Waals surface area contributed by atoms with Crippen LogP contribution in [0.4, 0.5) is 10.1 Å². The van der Waals surface area contributed by atoms with E-state index < -0.39 is 15.8 Å². The van der Waals surface area contributed by atoms with Gasteiger partial charge in [-0.2, -0.15) is 0 Å². The van der Waals surface area contributed by atoms with Crippen LogP contribution in [0.25, 0.3) is 0 Å². The van der Waals surface area contributed by atoms with E-state index in [1.165, 1.54) is 16.4 Å². The highest BCUT2D eigenvalue weighted by molar-refractivity contribution is 7.92. The zero-order valence-electron chi connectivity index (χ0n) is 17.7. The van der Waals surface area contributed by atoms with Gasteiger partial charge in [0.15, 0.2) is 0 Å². The standard InChI is InChI=1S/C25H26FNO3S/c1-18-3-15-24(16-4-18)31(28,29)27-22(11-5-19-6-13-23(30-2)14-7-19)12-9-20-8-10-21(26)17-25(20)27/h3-4,6-8,10,13-17,22H,5,9,11-12H2,1-2H3. The molecule has 0 bridgehead atoms. The van der Waals surface area contributed by atoms with E-state index in [0.717, 1.165) is 35.3 Å². The van der Waals surface area contributed by atoms with Gasteiger partial charge in [-0.3, -0.25) is 4.31 Å². The molecule has 4 rings (SSSR count). The Balaban J connectivity index is 1.68. The number of ether oxygens (including phenoxy) is 1. The van der Waals surface area contributed by atoms with Gasteiger partial charge < -0.3 is 4.74 Å². The van der Waals surface area contributed by atoms with Crippen LogP contribution in [0.15, 0.2) is 71.6 Å². The van der Waals surface area contributed by atoms with Gasteiger partial charge in [-0.15, -0.1) is 0 Å². The Bertz CT molecular complexity index is 1160. The van der Waals surface area contributed by atoms with E-state index in [-0.39, 0.29) is 10.9 Å². The van der Waals surface area contributed by atoms with Crippen LogP contribution in [-0.2, 0) is 22.9 Å². The molecule has 3 aromatic rings. The van der Waals surface area contributed by atoms with Gasteiger partial charge in [-0.05, 0) is 80.1 Å². The lowest BCUT2D eigenvalue weighted by Crippen LogP contribution is -2.44. The van der Waals surface area contributed by atoms with E-state index in [1.807, 2.05) is 31.2 Å². The molecule has 1 aliphatic rings. The van der Waals surface area contributed by atoms with Gasteiger partial charge in [-0.25, -0.2) is 12.8 Å². The first-order chi connectivity index (χ1) is 14.9. The molecule has 162 valence electrons. The highest BCUT2D eigenvalue weighted by Gasteiger charge is 2.36. The Labute approximate surface area is 183 Å². The van der Waals surface area contributed by atoms with Gasteiger partial charge in [0, 0.05) is 6.04 Å². The third-order valence-corrected chi connectivity index (χ3v) is 7.75. The molecule has 0 saturated carbocycles. The van der Waals surface area contributed by atoms with Crippen molar-refractivity contribution in [1.82, 2.24) is 0 Å². The fourth-order valence-corrected chi connectivity index (χ4v) is 5.87. The molecule has 0 spiro atoms. The molecule has 1 atom stereocenters. The number of sulfonamides is 1. The number of benzene rings is 3.